The van der Waals surface area contributed by atoms with Crippen LogP contribution in [0.15, 0.2) is 78.6 Å². The number of carbonyl (C=O) groups is 2. The van der Waals surface area contributed by atoms with Crippen LogP contribution in [0.25, 0.3) is 5.76 Å². The highest BCUT2D eigenvalue weighted by molar-refractivity contribution is 6.46. The van der Waals surface area contributed by atoms with E-state index in [1.165, 1.54) is 37.7 Å². The molecule has 9 heteroatoms. The Balaban J connectivity index is 1.83. The fraction of sp³-hybridized carbons (Fsp3) is 0.160. The molecule has 2 aromatic carbocycles. The highest BCUT2D eigenvalue weighted by Gasteiger charge is 2.46. The molecule has 1 fully saturated rings. The third-order valence-corrected chi connectivity index (χ3v) is 5.49. The first-order valence-corrected chi connectivity index (χ1v) is 10.2. The number of hydrogen-bond donors (Lipinski definition) is 1. The van der Waals surface area contributed by atoms with Gasteiger partial charge in [0.15, 0.2) is 0 Å². The van der Waals surface area contributed by atoms with Gasteiger partial charge in [0.1, 0.15) is 11.5 Å². The number of halogens is 3. The van der Waals surface area contributed by atoms with E-state index in [0.29, 0.717) is 11.3 Å². The van der Waals surface area contributed by atoms with Gasteiger partial charge in [0.05, 0.1) is 24.3 Å². The summed E-state index contributed by atoms with van der Waals surface area (Å²) in [6.07, 6.45) is -1.61. The van der Waals surface area contributed by atoms with Crippen molar-refractivity contribution in [2.45, 2.75) is 18.8 Å². The molecule has 0 saturated carbocycles. The van der Waals surface area contributed by atoms with Crippen LogP contribution in [0.1, 0.15) is 28.3 Å². The molecule has 1 aliphatic rings. The Morgan fingerprint density at radius 2 is 1.85 bits per heavy atom. The molecule has 1 amide bonds. The number of aliphatic hydroxyl groups excluding tert-OH is 1. The van der Waals surface area contributed by atoms with E-state index >= 15 is 0 Å². The zero-order valence-electron chi connectivity index (χ0n) is 17.9. The Labute approximate surface area is 192 Å². The van der Waals surface area contributed by atoms with Crippen LogP contribution >= 0.6 is 0 Å². The fourth-order valence-corrected chi connectivity index (χ4v) is 3.90. The second-order valence-corrected chi connectivity index (χ2v) is 7.64. The molecule has 1 aromatic heterocycles. The maximum absolute atomic E-state index is 13.2. The van der Waals surface area contributed by atoms with Crippen molar-refractivity contribution in [1.82, 2.24) is 9.88 Å². The molecule has 2 heterocycles. The molecule has 3 aromatic rings. The van der Waals surface area contributed by atoms with Crippen molar-refractivity contribution in [2.75, 3.05) is 7.11 Å². The Morgan fingerprint density at radius 1 is 1.09 bits per heavy atom. The molecule has 1 unspecified atom stereocenters. The molecular weight excluding hydrogens is 449 g/mol. The van der Waals surface area contributed by atoms with Gasteiger partial charge in [-0.15, -0.1) is 0 Å². The minimum Gasteiger partial charge on any atom is -0.507 e. The highest BCUT2D eigenvalue weighted by atomic mass is 19.4. The van der Waals surface area contributed by atoms with Crippen LogP contribution in [0.4, 0.5) is 13.2 Å². The minimum atomic E-state index is -4.56. The smallest absolute Gasteiger partial charge is 0.416 e. The molecule has 6 nitrogen and oxygen atoms in total. The van der Waals surface area contributed by atoms with Crippen LogP contribution in [-0.4, -0.2) is 33.8 Å². The number of alkyl halides is 3. The van der Waals surface area contributed by atoms with Gasteiger partial charge in [-0.2, -0.15) is 13.2 Å². The van der Waals surface area contributed by atoms with Crippen LogP contribution < -0.4 is 4.74 Å². The lowest BCUT2D eigenvalue weighted by Crippen LogP contribution is -2.29. The first-order valence-electron chi connectivity index (χ1n) is 10.2. The summed E-state index contributed by atoms with van der Waals surface area (Å²) < 4.78 is 44.7. The summed E-state index contributed by atoms with van der Waals surface area (Å²) in [5.74, 6) is -1.87. The number of hydrogen-bond acceptors (Lipinski definition) is 5. The van der Waals surface area contributed by atoms with Crippen molar-refractivity contribution in [3.05, 3.63) is 101 Å². The molecule has 1 aliphatic heterocycles. The summed E-state index contributed by atoms with van der Waals surface area (Å²) in [5, 5.41) is 11.1. The number of nitrogens with zero attached hydrogens (tertiary/aromatic N) is 2. The van der Waals surface area contributed by atoms with Crippen molar-refractivity contribution >= 4 is 17.4 Å². The van der Waals surface area contributed by atoms with E-state index < -0.39 is 35.2 Å². The number of pyridine rings is 1. The van der Waals surface area contributed by atoms with E-state index in [9.17, 15) is 27.9 Å². The van der Waals surface area contributed by atoms with Gasteiger partial charge in [-0.1, -0.05) is 30.3 Å². The summed E-state index contributed by atoms with van der Waals surface area (Å²) in [5.41, 5.74) is -0.176. The number of ketones is 1. The van der Waals surface area contributed by atoms with Crippen molar-refractivity contribution < 1.29 is 32.6 Å². The maximum Gasteiger partial charge on any atom is 0.416 e. The van der Waals surface area contributed by atoms with Crippen molar-refractivity contribution in [2.24, 2.45) is 0 Å². The van der Waals surface area contributed by atoms with Gasteiger partial charge >= 0.3 is 6.18 Å². The summed E-state index contributed by atoms with van der Waals surface area (Å²) in [7, 11) is 1.45. The summed E-state index contributed by atoms with van der Waals surface area (Å²) in [4.78, 5) is 31.2. The standard InChI is InChI=1S/C25H19F3N2O4/c1-34-19-9-3-6-16(12-19)22(31)20-21(17-7-4-10-29-13-17)30(24(33)23(20)32)14-15-5-2-8-18(11-15)25(26,27)28/h2-13,21,31H,14H2,1H3/b22-20+. The van der Waals surface area contributed by atoms with Crippen LogP contribution in [0.2, 0.25) is 0 Å². The minimum absolute atomic E-state index is 0.182. The van der Waals surface area contributed by atoms with Crippen molar-refractivity contribution in [1.29, 1.82) is 0 Å². The molecule has 34 heavy (non-hydrogen) atoms. The Kier molecular flexibility index (Phi) is 6.10. The second-order valence-electron chi connectivity index (χ2n) is 7.64. The van der Waals surface area contributed by atoms with Gasteiger partial charge in [-0.05, 0) is 41.5 Å². The quantitative estimate of drug-likeness (QED) is 0.333. The highest BCUT2D eigenvalue weighted by Crippen LogP contribution is 2.40. The van der Waals surface area contributed by atoms with Crippen LogP contribution in [0, 0.1) is 0 Å². The van der Waals surface area contributed by atoms with Crippen LogP contribution in [0.5, 0.6) is 5.75 Å². The second kappa shape index (κ2) is 9.01. The molecule has 0 spiro atoms. The number of aliphatic hydroxyl groups is 1. The molecule has 0 aliphatic carbocycles. The third kappa shape index (κ3) is 4.36. The van der Waals surface area contributed by atoms with Gasteiger partial charge < -0.3 is 14.7 Å². The Morgan fingerprint density at radius 3 is 2.53 bits per heavy atom. The number of benzene rings is 2. The average molecular weight is 468 g/mol. The molecule has 1 saturated heterocycles. The lowest BCUT2D eigenvalue weighted by Gasteiger charge is -2.25. The van der Waals surface area contributed by atoms with Gasteiger partial charge in [-0.25, -0.2) is 0 Å². The summed E-state index contributed by atoms with van der Waals surface area (Å²) in [6, 6.07) is 13.1. The lowest BCUT2D eigenvalue weighted by molar-refractivity contribution is -0.140. The van der Waals surface area contributed by atoms with E-state index in [-0.39, 0.29) is 23.2 Å². The zero-order valence-corrected chi connectivity index (χ0v) is 17.9. The van der Waals surface area contributed by atoms with Crippen LogP contribution in [0.3, 0.4) is 0 Å². The number of rotatable bonds is 5. The topological polar surface area (TPSA) is 79.7 Å². The van der Waals surface area contributed by atoms with Crippen LogP contribution in [-0.2, 0) is 22.3 Å². The number of methoxy groups -OCH3 is 1. The van der Waals surface area contributed by atoms with E-state index in [0.717, 1.165) is 17.0 Å². The predicted octanol–water partition coefficient (Wildman–Crippen LogP) is 4.73. The third-order valence-electron chi connectivity index (χ3n) is 5.49. The maximum atomic E-state index is 13.2. The SMILES string of the molecule is COc1cccc(/C(O)=C2\C(=O)C(=O)N(Cc3cccc(C(F)(F)F)c3)C2c2cccnc2)c1. The fourth-order valence-electron chi connectivity index (χ4n) is 3.90. The Hall–Kier alpha value is -4.14. The monoisotopic (exact) mass is 468 g/mol. The molecule has 0 bridgehead atoms. The van der Waals surface area contributed by atoms with E-state index in [1.54, 1.807) is 30.3 Å². The van der Waals surface area contributed by atoms with Gasteiger partial charge in [0.2, 0.25) is 0 Å². The number of amides is 1. The molecule has 0 radical (unpaired) electrons. The molecule has 4 rings (SSSR count). The Bertz CT molecular complexity index is 1270. The summed E-state index contributed by atoms with van der Waals surface area (Å²) >= 11 is 0. The first kappa shape index (κ1) is 23.0. The van der Waals surface area contributed by atoms with Gasteiger partial charge in [0.25, 0.3) is 11.7 Å². The summed E-state index contributed by atoms with van der Waals surface area (Å²) in [6.45, 7) is -0.275. The van der Waals surface area contributed by atoms with E-state index in [4.69, 9.17) is 4.74 Å². The zero-order chi connectivity index (χ0) is 24.5. The van der Waals surface area contributed by atoms with Gasteiger partial charge in [-0.3, -0.25) is 14.6 Å². The molecule has 174 valence electrons. The lowest BCUT2D eigenvalue weighted by atomic mass is 9.96. The largest absolute Gasteiger partial charge is 0.507 e. The molecule has 1 atom stereocenters. The average Bonchev–Trinajstić information content (AvgIpc) is 3.08. The first-order chi connectivity index (χ1) is 16.2. The van der Waals surface area contributed by atoms with Crippen molar-refractivity contribution in [3.8, 4) is 5.75 Å². The number of Topliss-reactive ketones (excluding diaryl/α,β-unsaturated/α-hetero) is 1. The molecule has 1 N–H and O–H groups in total. The predicted molar refractivity (Wildman–Crippen MR) is 117 cm³/mol. The number of aromatic nitrogens is 1. The van der Waals surface area contributed by atoms with Gasteiger partial charge in [0, 0.05) is 24.5 Å². The number of carbonyl (C=O) groups excluding carboxylic acids is 2. The van der Waals surface area contributed by atoms with E-state index in [1.807, 2.05) is 0 Å². The normalized spacial score (nSPS) is 17.8. The van der Waals surface area contributed by atoms with E-state index in [2.05, 4.69) is 4.98 Å². The molecular formula is C25H19F3N2O4. The number of likely N-dealkylation sites (tertiary alicyclic amines) is 1. The van der Waals surface area contributed by atoms with Crippen molar-refractivity contribution in [3.63, 3.8) is 0 Å². The number of ether oxygens (including phenoxy) is 1.